The van der Waals surface area contributed by atoms with Gasteiger partial charge in [0.2, 0.25) is 0 Å². The van der Waals surface area contributed by atoms with Crippen LogP contribution in [0.15, 0.2) is 18.2 Å². The second-order valence-corrected chi connectivity index (χ2v) is 3.43. The minimum Gasteiger partial charge on any atom is -0.508 e. The van der Waals surface area contributed by atoms with E-state index in [9.17, 15) is 9.90 Å². The van der Waals surface area contributed by atoms with Crippen LogP contribution in [0.25, 0.3) is 0 Å². The number of esters is 1. The van der Waals surface area contributed by atoms with E-state index in [1.807, 2.05) is 0 Å². The molecule has 4 heteroatoms. The molecule has 0 aliphatic heterocycles. The molecule has 0 unspecified atom stereocenters. The van der Waals surface area contributed by atoms with E-state index in [4.69, 9.17) is 5.73 Å². The van der Waals surface area contributed by atoms with Gasteiger partial charge in [0.25, 0.3) is 0 Å². The van der Waals surface area contributed by atoms with Gasteiger partial charge in [0.15, 0.2) is 0 Å². The highest BCUT2D eigenvalue weighted by atomic mass is 16.5. The number of nitrogens with two attached hydrogens (primary N) is 1. The molecule has 0 heterocycles. The van der Waals surface area contributed by atoms with Crippen LogP contribution in [0.3, 0.4) is 0 Å². The maximum atomic E-state index is 11.0. The van der Waals surface area contributed by atoms with Crippen molar-refractivity contribution in [2.45, 2.75) is 19.4 Å². The minimum absolute atomic E-state index is 0.140. The number of methoxy groups -OCH3 is 1. The van der Waals surface area contributed by atoms with Gasteiger partial charge in [-0.15, -0.1) is 0 Å². The lowest BCUT2D eigenvalue weighted by Crippen LogP contribution is -2.16. The first-order chi connectivity index (χ1) is 7.04. The molecule has 1 rings (SSSR count). The van der Waals surface area contributed by atoms with Gasteiger partial charge in [0.1, 0.15) is 5.75 Å². The number of aromatic hydroxyl groups is 1. The van der Waals surface area contributed by atoms with Crippen molar-refractivity contribution in [1.82, 2.24) is 0 Å². The predicted molar refractivity (Wildman–Crippen MR) is 56.4 cm³/mol. The molecule has 1 aromatic carbocycles. The van der Waals surface area contributed by atoms with E-state index in [1.54, 1.807) is 25.1 Å². The molecule has 0 spiro atoms. The van der Waals surface area contributed by atoms with Crippen molar-refractivity contribution in [2.24, 2.45) is 5.73 Å². The fraction of sp³-hybridized carbons (Fsp3) is 0.364. The van der Waals surface area contributed by atoms with E-state index in [2.05, 4.69) is 4.74 Å². The number of carbonyl (C=O) groups is 1. The highest BCUT2D eigenvalue weighted by molar-refractivity contribution is 5.70. The normalized spacial score (nSPS) is 12.2. The monoisotopic (exact) mass is 209 g/mol. The van der Waals surface area contributed by atoms with Crippen molar-refractivity contribution < 1.29 is 14.6 Å². The van der Waals surface area contributed by atoms with E-state index in [0.29, 0.717) is 0 Å². The van der Waals surface area contributed by atoms with Crippen LogP contribution in [-0.4, -0.2) is 18.2 Å². The molecule has 0 bridgehead atoms. The van der Waals surface area contributed by atoms with E-state index >= 15 is 0 Å². The molecule has 0 radical (unpaired) electrons. The van der Waals surface area contributed by atoms with Crippen molar-refractivity contribution >= 4 is 5.97 Å². The van der Waals surface area contributed by atoms with Crippen molar-refractivity contribution in [1.29, 1.82) is 0 Å². The first-order valence-corrected chi connectivity index (χ1v) is 4.66. The van der Waals surface area contributed by atoms with E-state index < -0.39 is 6.04 Å². The third-order valence-corrected chi connectivity index (χ3v) is 2.26. The summed E-state index contributed by atoms with van der Waals surface area (Å²) in [7, 11) is 1.33. The molecular weight excluding hydrogens is 194 g/mol. The second kappa shape index (κ2) is 4.79. The zero-order valence-corrected chi connectivity index (χ0v) is 8.86. The van der Waals surface area contributed by atoms with Crippen LogP contribution in [0.2, 0.25) is 0 Å². The van der Waals surface area contributed by atoms with Gasteiger partial charge in [-0.25, -0.2) is 0 Å². The third-order valence-electron chi connectivity index (χ3n) is 2.26. The molecular formula is C11H15NO3. The Hall–Kier alpha value is -1.55. The first-order valence-electron chi connectivity index (χ1n) is 4.66. The summed E-state index contributed by atoms with van der Waals surface area (Å²) < 4.78 is 4.53. The van der Waals surface area contributed by atoms with E-state index in [1.165, 1.54) is 7.11 Å². The molecule has 0 aliphatic carbocycles. The fourth-order valence-electron chi connectivity index (χ4n) is 1.29. The summed E-state index contributed by atoms with van der Waals surface area (Å²) in [4.78, 5) is 11.0. The maximum Gasteiger partial charge on any atom is 0.307 e. The Labute approximate surface area is 88.7 Å². The summed E-state index contributed by atoms with van der Waals surface area (Å²) in [6.07, 6.45) is 0.140. The van der Waals surface area contributed by atoms with Gasteiger partial charge < -0.3 is 15.6 Å². The molecule has 0 saturated heterocycles. The molecule has 0 saturated carbocycles. The Kier molecular flexibility index (Phi) is 3.68. The number of rotatable bonds is 3. The van der Waals surface area contributed by atoms with Crippen molar-refractivity contribution in [3.8, 4) is 5.75 Å². The van der Waals surface area contributed by atoms with Crippen LogP contribution in [0.1, 0.15) is 23.6 Å². The highest BCUT2D eigenvalue weighted by Gasteiger charge is 2.12. The smallest absolute Gasteiger partial charge is 0.307 e. The summed E-state index contributed by atoms with van der Waals surface area (Å²) in [6, 6.07) is 4.65. The van der Waals surface area contributed by atoms with Crippen LogP contribution in [0, 0.1) is 6.92 Å². The lowest BCUT2D eigenvalue weighted by atomic mass is 10.0. The largest absolute Gasteiger partial charge is 0.508 e. The van der Waals surface area contributed by atoms with E-state index in [0.717, 1.165) is 11.1 Å². The van der Waals surface area contributed by atoms with Gasteiger partial charge in [-0.2, -0.15) is 0 Å². The minimum atomic E-state index is -0.392. The number of aryl methyl sites for hydroxylation is 1. The number of ether oxygens (including phenoxy) is 1. The van der Waals surface area contributed by atoms with Gasteiger partial charge in [-0.05, 0) is 24.1 Å². The highest BCUT2D eigenvalue weighted by Crippen LogP contribution is 2.22. The van der Waals surface area contributed by atoms with Crippen molar-refractivity contribution in [3.05, 3.63) is 29.3 Å². The lowest BCUT2D eigenvalue weighted by molar-refractivity contribution is -0.141. The number of phenols is 1. The topological polar surface area (TPSA) is 72.5 Å². The number of phenolic OH excluding ortho intramolecular Hbond substituents is 1. The average molecular weight is 209 g/mol. The van der Waals surface area contributed by atoms with Crippen LogP contribution >= 0.6 is 0 Å². The van der Waals surface area contributed by atoms with E-state index in [-0.39, 0.29) is 18.1 Å². The fourth-order valence-corrected chi connectivity index (χ4v) is 1.29. The molecule has 0 aromatic heterocycles. The number of benzene rings is 1. The van der Waals surface area contributed by atoms with Gasteiger partial charge in [-0.3, -0.25) is 4.79 Å². The molecule has 3 N–H and O–H groups in total. The van der Waals surface area contributed by atoms with Crippen LogP contribution in [0.4, 0.5) is 0 Å². The molecule has 1 aromatic rings. The Morgan fingerprint density at radius 1 is 1.60 bits per heavy atom. The van der Waals surface area contributed by atoms with Crippen LogP contribution < -0.4 is 5.73 Å². The summed E-state index contributed by atoms with van der Waals surface area (Å²) >= 11 is 0. The molecule has 1 atom stereocenters. The summed E-state index contributed by atoms with van der Waals surface area (Å²) in [5, 5.41) is 9.32. The van der Waals surface area contributed by atoms with Gasteiger partial charge >= 0.3 is 5.97 Å². The zero-order valence-electron chi connectivity index (χ0n) is 8.86. The quantitative estimate of drug-likeness (QED) is 0.735. The predicted octanol–water partition coefficient (Wildman–Crippen LogP) is 1.26. The van der Waals surface area contributed by atoms with Gasteiger partial charge in [0, 0.05) is 6.04 Å². The zero-order chi connectivity index (χ0) is 11.4. The molecule has 0 amide bonds. The lowest BCUT2D eigenvalue weighted by Gasteiger charge is -2.11. The van der Waals surface area contributed by atoms with Crippen molar-refractivity contribution in [2.75, 3.05) is 7.11 Å². The molecule has 4 nitrogen and oxygen atoms in total. The molecule has 82 valence electrons. The summed E-state index contributed by atoms with van der Waals surface area (Å²) in [5.41, 5.74) is 7.37. The number of hydrogen-bond donors (Lipinski definition) is 2. The van der Waals surface area contributed by atoms with Crippen LogP contribution in [-0.2, 0) is 9.53 Å². The maximum absolute atomic E-state index is 11.0. The Morgan fingerprint density at radius 2 is 2.27 bits per heavy atom. The Balaban J connectivity index is 2.78. The Bertz CT molecular complexity index is 363. The van der Waals surface area contributed by atoms with Gasteiger partial charge in [0.05, 0.1) is 13.5 Å². The van der Waals surface area contributed by atoms with Gasteiger partial charge in [-0.1, -0.05) is 12.1 Å². The summed E-state index contributed by atoms with van der Waals surface area (Å²) in [6.45, 7) is 1.78. The number of carbonyl (C=O) groups excluding carboxylic acids is 1. The Morgan fingerprint density at radius 3 is 2.80 bits per heavy atom. The number of hydrogen-bond acceptors (Lipinski definition) is 4. The van der Waals surface area contributed by atoms with Crippen molar-refractivity contribution in [3.63, 3.8) is 0 Å². The average Bonchev–Trinajstić information content (AvgIpc) is 2.21. The third kappa shape index (κ3) is 2.95. The van der Waals surface area contributed by atoms with Crippen LogP contribution in [0.5, 0.6) is 5.75 Å². The first kappa shape index (κ1) is 11.5. The summed E-state index contributed by atoms with van der Waals surface area (Å²) in [5.74, 6) is -0.114. The SMILES string of the molecule is COC(=O)C[C@@H](N)c1ccc(O)c(C)c1. The second-order valence-electron chi connectivity index (χ2n) is 3.43. The molecule has 0 aliphatic rings. The standard InChI is InChI=1S/C11H15NO3/c1-7-5-8(3-4-10(7)13)9(12)6-11(14)15-2/h3-5,9,13H,6,12H2,1-2H3/t9-/m1/s1. The molecule has 15 heavy (non-hydrogen) atoms. The molecule has 0 fully saturated rings.